The normalized spacial score (nSPS) is 15.9. The van der Waals surface area contributed by atoms with Crippen molar-refractivity contribution in [1.29, 1.82) is 0 Å². The van der Waals surface area contributed by atoms with Gasteiger partial charge in [0.2, 0.25) is 5.91 Å². The maximum atomic E-state index is 13.4. The summed E-state index contributed by atoms with van der Waals surface area (Å²) in [4.78, 5) is 28.3. The zero-order valence-electron chi connectivity index (χ0n) is 19.8. The van der Waals surface area contributed by atoms with Gasteiger partial charge in [0.15, 0.2) is 0 Å². The summed E-state index contributed by atoms with van der Waals surface area (Å²) >= 11 is 0. The number of hydrogen-bond acceptors (Lipinski definition) is 4. The van der Waals surface area contributed by atoms with Crippen molar-refractivity contribution in [3.8, 4) is 5.75 Å². The first-order chi connectivity index (χ1) is 16.5. The van der Waals surface area contributed by atoms with E-state index in [-0.39, 0.29) is 30.8 Å². The lowest BCUT2D eigenvalue weighted by atomic mass is 9.83. The molecule has 3 aromatic rings. The number of nitrogens with zero attached hydrogens (tertiary/aromatic N) is 1. The molecule has 5 heteroatoms. The Balaban J connectivity index is 1.66. The van der Waals surface area contributed by atoms with E-state index < -0.39 is 0 Å². The summed E-state index contributed by atoms with van der Waals surface area (Å²) in [6, 6.07) is 25.2. The fourth-order valence-corrected chi connectivity index (χ4v) is 4.27. The Bertz CT molecular complexity index is 1180. The highest BCUT2D eigenvalue weighted by atomic mass is 16.5. The van der Waals surface area contributed by atoms with E-state index in [9.17, 15) is 9.59 Å². The highest BCUT2D eigenvalue weighted by Crippen LogP contribution is 2.38. The Morgan fingerprint density at radius 1 is 0.912 bits per heavy atom. The van der Waals surface area contributed by atoms with Gasteiger partial charge >= 0.3 is 5.97 Å². The van der Waals surface area contributed by atoms with Gasteiger partial charge in [0.05, 0.1) is 19.2 Å². The molecule has 1 atom stereocenters. The predicted molar refractivity (Wildman–Crippen MR) is 131 cm³/mol. The average Bonchev–Trinajstić information content (AvgIpc) is 2.86. The van der Waals surface area contributed by atoms with Gasteiger partial charge in [-0.2, -0.15) is 0 Å². The number of allylic oxidation sites excluding steroid dienone is 1. The molecule has 3 aromatic carbocycles. The molecule has 0 saturated heterocycles. The topological polar surface area (TPSA) is 55.8 Å². The second kappa shape index (κ2) is 10.4. The maximum absolute atomic E-state index is 13.4. The molecule has 0 spiro atoms. The van der Waals surface area contributed by atoms with Gasteiger partial charge in [-0.15, -0.1) is 0 Å². The molecule has 1 heterocycles. The molecule has 0 aliphatic carbocycles. The number of amides is 1. The van der Waals surface area contributed by atoms with Crippen molar-refractivity contribution < 1.29 is 19.1 Å². The van der Waals surface area contributed by atoms with E-state index >= 15 is 0 Å². The molecule has 0 saturated carbocycles. The van der Waals surface area contributed by atoms with E-state index in [0.717, 1.165) is 28.0 Å². The minimum Gasteiger partial charge on any atom is -0.497 e. The number of aryl methyl sites for hydroxylation is 1. The van der Waals surface area contributed by atoms with E-state index in [2.05, 4.69) is 0 Å². The summed E-state index contributed by atoms with van der Waals surface area (Å²) in [5, 5.41) is 0. The minimum atomic E-state index is -0.390. The molecule has 1 amide bonds. The van der Waals surface area contributed by atoms with Gasteiger partial charge < -0.3 is 14.4 Å². The zero-order valence-corrected chi connectivity index (χ0v) is 19.8. The van der Waals surface area contributed by atoms with Gasteiger partial charge in [0.1, 0.15) is 12.4 Å². The lowest BCUT2D eigenvalue weighted by Crippen LogP contribution is -2.38. The van der Waals surface area contributed by atoms with Crippen LogP contribution in [0.1, 0.15) is 41.5 Å². The summed E-state index contributed by atoms with van der Waals surface area (Å²) < 4.78 is 11.0. The minimum absolute atomic E-state index is 0.0153. The highest BCUT2D eigenvalue weighted by molar-refractivity contribution is 5.95. The lowest BCUT2D eigenvalue weighted by molar-refractivity contribution is -0.141. The van der Waals surface area contributed by atoms with E-state index in [1.807, 2.05) is 92.7 Å². The number of rotatable bonds is 7. The number of ether oxygens (including phenoxy) is 2. The van der Waals surface area contributed by atoms with Crippen LogP contribution in [0.4, 0.5) is 0 Å². The van der Waals surface area contributed by atoms with Crippen LogP contribution >= 0.6 is 0 Å². The molecule has 0 unspecified atom stereocenters. The molecule has 34 heavy (non-hydrogen) atoms. The van der Waals surface area contributed by atoms with Crippen LogP contribution in [0.2, 0.25) is 0 Å². The van der Waals surface area contributed by atoms with Crippen LogP contribution in [-0.4, -0.2) is 23.9 Å². The van der Waals surface area contributed by atoms with Crippen LogP contribution in [-0.2, 0) is 27.5 Å². The Morgan fingerprint density at radius 3 is 2.24 bits per heavy atom. The summed E-state index contributed by atoms with van der Waals surface area (Å²) in [5.41, 5.74) is 5.11. The van der Waals surface area contributed by atoms with Gasteiger partial charge in [-0.05, 0) is 42.7 Å². The second-order valence-corrected chi connectivity index (χ2v) is 8.56. The smallest absolute Gasteiger partial charge is 0.336 e. The molecule has 0 radical (unpaired) electrons. The van der Waals surface area contributed by atoms with Gasteiger partial charge in [0, 0.05) is 18.0 Å². The van der Waals surface area contributed by atoms with E-state index in [0.29, 0.717) is 17.8 Å². The Labute approximate surface area is 200 Å². The molecule has 0 N–H and O–H groups in total. The van der Waals surface area contributed by atoms with Gasteiger partial charge in [-0.25, -0.2) is 4.79 Å². The van der Waals surface area contributed by atoms with Crippen LogP contribution in [0, 0.1) is 6.92 Å². The van der Waals surface area contributed by atoms with E-state index in [4.69, 9.17) is 9.47 Å². The second-order valence-electron chi connectivity index (χ2n) is 8.56. The van der Waals surface area contributed by atoms with Crippen LogP contribution in [0.3, 0.4) is 0 Å². The van der Waals surface area contributed by atoms with Crippen molar-refractivity contribution in [2.75, 3.05) is 7.11 Å². The van der Waals surface area contributed by atoms with Crippen LogP contribution in [0.25, 0.3) is 0 Å². The fraction of sp³-hybridized carbons (Fsp3) is 0.241. The average molecular weight is 456 g/mol. The first-order valence-corrected chi connectivity index (χ1v) is 11.4. The number of benzene rings is 3. The number of carbonyl (C=O) groups excluding carboxylic acids is 2. The molecular formula is C29H29NO4. The van der Waals surface area contributed by atoms with Crippen molar-refractivity contribution in [2.45, 2.75) is 39.3 Å². The zero-order chi connectivity index (χ0) is 24.1. The molecular weight excluding hydrogens is 426 g/mol. The fourth-order valence-electron chi connectivity index (χ4n) is 4.27. The molecule has 0 fully saturated rings. The summed E-state index contributed by atoms with van der Waals surface area (Å²) in [7, 11) is 1.62. The number of carbonyl (C=O) groups is 2. The van der Waals surface area contributed by atoms with Crippen molar-refractivity contribution in [2.24, 2.45) is 0 Å². The predicted octanol–water partition coefficient (Wildman–Crippen LogP) is 5.54. The Kier molecular flexibility index (Phi) is 7.12. The Morgan fingerprint density at radius 2 is 1.59 bits per heavy atom. The van der Waals surface area contributed by atoms with Gasteiger partial charge in [-0.1, -0.05) is 72.3 Å². The lowest BCUT2D eigenvalue weighted by Gasteiger charge is -2.34. The van der Waals surface area contributed by atoms with Gasteiger partial charge in [-0.3, -0.25) is 4.79 Å². The maximum Gasteiger partial charge on any atom is 0.336 e. The van der Waals surface area contributed by atoms with Crippen molar-refractivity contribution in [3.63, 3.8) is 0 Å². The third-order valence-corrected chi connectivity index (χ3v) is 6.24. The molecule has 0 aromatic heterocycles. The standard InChI is InChI=1S/C29H29NO4/c1-20-9-13-24(14-10-20)26-17-27(31)30(18-22-11-15-25(33-3)16-12-22)21(2)28(26)29(32)34-19-23-7-5-4-6-8-23/h4-16,26H,17-19H2,1-3H3/t26-/m0/s1. The monoisotopic (exact) mass is 455 g/mol. The number of esters is 1. The Hall–Kier alpha value is -3.86. The molecule has 1 aliphatic heterocycles. The SMILES string of the molecule is COc1ccc(CN2C(=O)C[C@@H](c3ccc(C)cc3)C(C(=O)OCc3ccccc3)=C2C)cc1. The van der Waals surface area contributed by atoms with Crippen molar-refractivity contribution in [1.82, 2.24) is 4.90 Å². The largest absolute Gasteiger partial charge is 0.497 e. The molecule has 1 aliphatic rings. The summed E-state index contributed by atoms with van der Waals surface area (Å²) in [6.07, 6.45) is 0.215. The molecule has 4 rings (SSSR count). The number of hydrogen-bond donors (Lipinski definition) is 0. The van der Waals surface area contributed by atoms with E-state index in [1.165, 1.54) is 0 Å². The molecule has 5 nitrogen and oxygen atoms in total. The van der Waals surface area contributed by atoms with Gasteiger partial charge in [0.25, 0.3) is 0 Å². The summed E-state index contributed by atoms with van der Waals surface area (Å²) in [6.45, 7) is 4.41. The number of methoxy groups -OCH3 is 1. The van der Waals surface area contributed by atoms with Crippen molar-refractivity contribution in [3.05, 3.63) is 112 Å². The third kappa shape index (κ3) is 5.20. The first-order valence-electron chi connectivity index (χ1n) is 11.4. The van der Waals surface area contributed by atoms with Crippen LogP contribution in [0.5, 0.6) is 5.75 Å². The first kappa shape index (κ1) is 23.3. The highest BCUT2D eigenvalue weighted by Gasteiger charge is 2.37. The summed E-state index contributed by atoms with van der Waals surface area (Å²) in [5.74, 6) is 0.00625. The van der Waals surface area contributed by atoms with Crippen LogP contribution < -0.4 is 4.74 Å². The molecule has 0 bridgehead atoms. The quantitative estimate of drug-likeness (QED) is 0.439. The third-order valence-electron chi connectivity index (χ3n) is 6.24. The molecule has 174 valence electrons. The van der Waals surface area contributed by atoms with E-state index in [1.54, 1.807) is 12.0 Å². The van der Waals surface area contributed by atoms with Crippen molar-refractivity contribution >= 4 is 11.9 Å². The van der Waals surface area contributed by atoms with Crippen LogP contribution in [0.15, 0.2) is 90.1 Å².